The molecule has 9 heteroatoms. The highest BCUT2D eigenvalue weighted by atomic mass is 16.3. The molecule has 0 unspecified atom stereocenters. The van der Waals surface area contributed by atoms with E-state index in [1.54, 1.807) is 36.2 Å². The number of nitrogens with zero attached hydrogens (tertiary/aromatic N) is 5. The van der Waals surface area contributed by atoms with E-state index in [1.165, 1.54) is 0 Å². The molecule has 0 atom stereocenters. The number of aromatic hydroxyl groups is 1. The van der Waals surface area contributed by atoms with Crippen LogP contribution in [0.3, 0.4) is 0 Å². The smallest absolute Gasteiger partial charge is 0.254 e. The van der Waals surface area contributed by atoms with E-state index >= 15 is 0 Å². The highest BCUT2D eigenvalue weighted by Crippen LogP contribution is 2.29. The van der Waals surface area contributed by atoms with Crippen LogP contribution in [0.15, 0.2) is 42.6 Å². The molecule has 1 amide bonds. The fourth-order valence-corrected chi connectivity index (χ4v) is 4.40. The lowest BCUT2D eigenvalue weighted by atomic mass is 10.0. The first-order valence-corrected chi connectivity index (χ1v) is 12.5. The Morgan fingerprint density at radius 3 is 2.57 bits per heavy atom. The van der Waals surface area contributed by atoms with Crippen LogP contribution < -0.4 is 10.6 Å². The Bertz CT molecular complexity index is 1430. The first-order chi connectivity index (χ1) is 17.7. The lowest BCUT2D eigenvalue weighted by molar-refractivity contribution is 0.0784. The molecule has 0 spiro atoms. The molecule has 3 N–H and O–H groups in total. The first kappa shape index (κ1) is 26.1. The van der Waals surface area contributed by atoms with Crippen LogP contribution in [-0.4, -0.2) is 62.6 Å². The molecule has 194 valence electrons. The van der Waals surface area contributed by atoms with Crippen molar-refractivity contribution in [2.45, 2.75) is 33.2 Å². The second-order valence-electron chi connectivity index (χ2n) is 9.60. The van der Waals surface area contributed by atoms with Crippen LogP contribution in [0.2, 0.25) is 0 Å². The molecule has 0 radical (unpaired) electrons. The number of aryl methyl sites for hydroxylation is 1. The Kier molecular flexibility index (Phi) is 7.73. The summed E-state index contributed by atoms with van der Waals surface area (Å²) < 4.78 is 2.04. The van der Waals surface area contributed by atoms with Crippen molar-refractivity contribution >= 4 is 22.5 Å². The number of amides is 1. The SMILES string of the molecule is CNCCNc1ccc(-c2cc(C(=O)N(C)Cc3cnc(C(C)C)n3C)c3cc(O)ccc3n2)nc1C. The molecule has 0 aliphatic rings. The maximum absolute atomic E-state index is 13.7. The van der Waals surface area contributed by atoms with Gasteiger partial charge in [-0.1, -0.05) is 13.8 Å². The predicted octanol–water partition coefficient (Wildman–Crippen LogP) is 4.07. The van der Waals surface area contributed by atoms with E-state index in [0.717, 1.165) is 36.0 Å². The third-order valence-corrected chi connectivity index (χ3v) is 6.44. The van der Waals surface area contributed by atoms with Gasteiger partial charge in [0.15, 0.2) is 0 Å². The van der Waals surface area contributed by atoms with Crippen molar-refractivity contribution in [3.63, 3.8) is 0 Å². The Balaban J connectivity index is 1.70. The molecule has 4 aromatic rings. The van der Waals surface area contributed by atoms with Gasteiger partial charge in [-0.2, -0.15) is 0 Å². The summed E-state index contributed by atoms with van der Waals surface area (Å²) in [6.45, 7) is 8.17. The van der Waals surface area contributed by atoms with Crippen LogP contribution in [0.1, 0.15) is 47.3 Å². The van der Waals surface area contributed by atoms with Gasteiger partial charge in [-0.05, 0) is 50.4 Å². The van der Waals surface area contributed by atoms with Gasteiger partial charge < -0.3 is 25.2 Å². The number of likely N-dealkylation sites (N-methyl/N-ethyl adjacent to an activating group) is 1. The third kappa shape index (κ3) is 5.56. The molecule has 9 nitrogen and oxygen atoms in total. The van der Waals surface area contributed by atoms with Crippen molar-refractivity contribution < 1.29 is 9.90 Å². The van der Waals surface area contributed by atoms with Crippen LogP contribution in [-0.2, 0) is 13.6 Å². The molecule has 3 heterocycles. The summed E-state index contributed by atoms with van der Waals surface area (Å²) in [6, 6.07) is 10.5. The highest BCUT2D eigenvalue weighted by Gasteiger charge is 2.21. The second-order valence-corrected chi connectivity index (χ2v) is 9.60. The number of carbonyl (C=O) groups is 1. The summed E-state index contributed by atoms with van der Waals surface area (Å²) in [5.74, 6) is 1.17. The van der Waals surface area contributed by atoms with Crippen molar-refractivity contribution in [2.75, 3.05) is 32.5 Å². The zero-order valence-electron chi connectivity index (χ0n) is 22.3. The Labute approximate surface area is 217 Å². The third-order valence-electron chi connectivity index (χ3n) is 6.44. The summed E-state index contributed by atoms with van der Waals surface area (Å²) in [5.41, 5.74) is 5.10. The number of anilines is 1. The van der Waals surface area contributed by atoms with E-state index in [9.17, 15) is 9.90 Å². The molecule has 1 aromatic carbocycles. The Morgan fingerprint density at radius 1 is 1.11 bits per heavy atom. The molecular weight excluding hydrogens is 466 g/mol. The number of pyridine rings is 2. The summed E-state index contributed by atoms with van der Waals surface area (Å²) in [4.78, 5) is 29.4. The molecule has 4 rings (SSSR count). The lowest BCUT2D eigenvalue weighted by Gasteiger charge is -2.20. The first-order valence-electron chi connectivity index (χ1n) is 12.5. The van der Waals surface area contributed by atoms with Gasteiger partial charge >= 0.3 is 0 Å². The molecule has 0 saturated heterocycles. The van der Waals surface area contributed by atoms with E-state index < -0.39 is 0 Å². The van der Waals surface area contributed by atoms with Gasteiger partial charge in [-0.25, -0.2) is 15.0 Å². The number of hydrogen-bond acceptors (Lipinski definition) is 7. The largest absolute Gasteiger partial charge is 0.508 e. The minimum Gasteiger partial charge on any atom is -0.508 e. The molecule has 0 aliphatic carbocycles. The van der Waals surface area contributed by atoms with Crippen molar-refractivity contribution in [2.24, 2.45) is 7.05 Å². The second kappa shape index (κ2) is 11.0. The summed E-state index contributed by atoms with van der Waals surface area (Å²) in [6.07, 6.45) is 1.82. The molecule has 0 aliphatic heterocycles. The Morgan fingerprint density at radius 2 is 1.89 bits per heavy atom. The number of imidazole rings is 1. The van der Waals surface area contributed by atoms with Crippen LogP contribution in [0, 0.1) is 6.92 Å². The van der Waals surface area contributed by atoms with E-state index in [2.05, 4.69) is 29.5 Å². The predicted molar refractivity (Wildman–Crippen MR) is 147 cm³/mol. The van der Waals surface area contributed by atoms with E-state index in [4.69, 9.17) is 9.97 Å². The minimum atomic E-state index is -0.173. The van der Waals surface area contributed by atoms with Crippen molar-refractivity contribution in [1.29, 1.82) is 0 Å². The Hall–Kier alpha value is -3.98. The van der Waals surface area contributed by atoms with Gasteiger partial charge in [0, 0.05) is 38.5 Å². The summed E-state index contributed by atoms with van der Waals surface area (Å²) in [5, 5.41) is 17.2. The monoisotopic (exact) mass is 501 g/mol. The number of phenols is 1. The van der Waals surface area contributed by atoms with Crippen molar-refractivity contribution in [1.82, 2.24) is 29.7 Å². The fraction of sp³-hybridized carbons (Fsp3) is 0.357. The number of fused-ring (bicyclic) bond motifs is 1. The number of carbonyl (C=O) groups excluding carboxylic acids is 1. The van der Waals surface area contributed by atoms with Crippen LogP contribution in [0.5, 0.6) is 5.75 Å². The molecule has 0 fully saturated rings. The molecule has 3 aromatic heterocycles. The van der Waals surface area contributed by atoms with Crippen LogP contribution in [0.25, 0.3) is 22.3 Å². The molecule has 37 heavy (non-hydrogen) atoms. The van der Waals surface area contributed by atoms with E-state index in [1.807, 2.05) is 43.9 Å². The lowest BCUT2D eigenvalue weighted by Crippen LogP contribution is -2.27. The number of rotatable bonds is 9. The quantitative estimate of drug-likeness (QED) is 0.297. The number of aromatic nitrogens is 4. The maximum atomic E-state index is 13.7. The zero-order valence-corrected chi connectivity index (χ0v) is 22.3. The van der Waals surface area contributed by atoms with Crippen LogP contribution in [0.4, 0.5) is 5.69 Å². The normalized spacial score (nSPS) is 11.3. The molecule has 0 bridgehead atoms. The van der Waals surface area contributed by atoms with Crippen LogP contribution >= 0.6 is 0 Å². The van der Waals surface area contributed by atoms with Gasteiger partial charge in [0.05, 0.1) is 52.3 Å². The summed E-state index contributed by atoms with van der Waals surface area (Å²) >= 11 is 0. The summed E-state index contributed by atoms with van der Waals surface area (Å²) in [7, 11) is 5.66. The zero-order chi connectivity index (χ0) is 26.7. The minimum absolute atomic E-state index is 0.0814. The highest BCUT2D eigenvalue weighted by molar-refractivity contribution is 6.07. The topological polar surface area (TPSA) is 108 Å². The van der Waals surface area contributed by atoms with E-state index in [0.29, 0.717) is 34.4 Å². The maximum Gasteiger partial charge on any atom is 0.254 e. The van der Waals surface area contributed by atoms with Gasteiger partial charge in [0.1, 0.15) is 11.6 Å². The number of phenolic OH excluding ortho intramolecular Hbond substituents is 1. The number of hydrogen-bond donors (Lipinski definition) is 3. The average molecular weight is 502 g/mol. The van der Waals surface area contributed by atoms with Crippen molar-refractivity contribution in [3.05, 3.63) is 65.4 Å². The molecular formula is C28H35N7O2. The van der Waals surface area contributed by atoms with Gasteiger partial charge in [0.25, 0.3) is 5.91 Å². The average Bonchev–Trinajstić information content (AvgIpc) is 3.24. The molecule has 0 saturated carbocycles. The van der Waals surface area contributed by atoms with Gasteiger partial charge in [-0.3, -0.25) is 4.79 Å². The fourth-order valence-electron chi connectivity index (χ4n) is 4.40. The van der Waals surface area contributed by atoms with Crippen molar-refractivity contribution in [3.8, 4) is 17.1 Å². The number of benzene rings is 1. The van der Waals surface area contributed by atoms with Gasteiger partial charge in [-0.15, -0.1) is 0 Å². The number of nitrogens with one attached hydrogen (secondary N) is 2. The standard InChI is InChI=1S/C28H35N7O2/c1-17(2)27-31-15-19(35(27)6)16-34(5)28(37)22-14-26(33-24-8-7-20(36)13-21(22)24)25-10-9-23(18(3)32-25)30-12-11-29-4/h7-10,13-15,17,29-30,36H,11-12,16H2,1-6H3. The van der Waals surface area contributed by atoms with E-state index in [-0.39, 0.29) is 17.6 Å². The van der Waals surface area contributed by atoms with Gasteiger partial charge in [0.2, 0.25) is 0 Å².